The second kappa shape index (κ2) is 3.21. The van der Waals surface area contributed by atoms with Crippen LogP contribution in [0.4, 0.5) is 5.69 Å². The summed E-state index contributed by atoms with van der Waals surface area (Å²) < 4.78 is 27.3. The minimum atomic E-state index is -3.55. The molecule has 0 bridgehead atoms. The third kappa shape index (κ3) is 1.65. The van der Waals surface area contributed by atoms with Gasteiger partial charge in [-0.05, 0) is 25.0 Å². The van der Waals surface area contributed by atoms with Crippen molar-refractivity contribution in [3.63, 3.8) is 0 Å². The lowest BCUT2D eigenvalue weighted by atomic mass is 10.3. The van der Waals surface area contributed by atoms with Gasteiger partial charge in [-0.3, -0.25) is 0 Å². The van der Waals surface area contributed by atoms with Gasteiger partial charge in [0.15, 0.2) is 0 Å². The molecule has 1 aliphatic carbocycles. The molecule has 1 saturated carbocycles. The predicted molar refractivity (Wildman–Crippen MR) is 60.8 cm³/mol. The zero-order chi connectivity index (χ0) is 11.2. The van der Waals surface area contributed by atoms with E-state index in [0.717, 1.165) is 12.8 Å². The Morgan fingerprint density at radius 3 is 2.81 bits per heavy atom. The fraction of sp³-hybridized carbons (Fsp3) is 0.300. The van der Waals surface area contributed by atoms with Crippen LogP contribution >= 0.6 is 0 Å². The molecule has 3 rings (SSSR count). The van der Waals surface area contributed by atoms with Gasteiger partial charge < -0.3 is 10.6 Å². The zero-order valence-electron chi connectivity index (χ0n) is 8.47. The number of fused-ring (bicyclic) bond motifs is 1. The molecule has 0 unspecified atom stereocenters. The van der Waals surface area contributed by atoms with Gasteiger partial charge >= 0.3 is 0 Å². The van der Waals surface area contributed by atoms with E-state index in [9.17, 15) is 8.42 Å². The van der Waals surface area contributed by atoms with Crippen molar-refractivity contribution in [2.24, 2.45) is 4.40 Å². The number of hydrogen-bond donors (Lipinski definition) is 2. The third-order valence-corrected chi connectivity index (χ3v) is 3.88. The Bertz CT molecular complexity index is 561. The van der Waals surface area contributed by atoms with Crippen molar-refractivity contribution in [1.82, 2.24) is 5.32 Å². The minimum absolute atomic E-state index is 0.233. The SMILES string of the molecule is O=S1(=O)N=C(NC2CC2)Nc2ccccc21. The summed E-state index contributed by atoms with van der Waals surface area (Å²) in [5.74, 6) is 0.334. The number of sulfonamides is 1. The molecule has 1 aromatic rings. The number of nitrogens with zero attached hydrogens (tertiary/aromatic N) is 1. The van der Waals surface area contributed by atoms with Crippen LogP contribution in [-0.4, -0.2) is 20.4 Å². The van der Waals surface area contributed by atoms with Gasteiger partial charge in [0.2, 0.25) is 5.96 Å². The first kappa shape index (κ1) is 9.65. The maximum atomic E-state index is 11.8. The molecule has 1 fully saturated rings. The van der Waals surface area contributed by atoms with Gasteiger partial charge in [0.25, 0.3) is 10.0 Å². The lowest BCUT2D eigenvalue weighted by Crippen LogP contribution is -2.35. The summed E-state index contributed by atoms with van der Waals surface area (Å²) in [4.78, 5) is 0.233. The summed E-state index contributed by atoms with van der Waals surface area (Å²) in [5, 5.41) is 6.03. The Kier molecular flexibility index (Phi) is 1.94. The zero-order valence-corrected chi connectivity index (χ0v) is 9.29. The van der Waals surface area contributed by atoms with Crippen LogP contribution in [0, 0.1) is 0 Å². The molecule has 6 heteroatoms. The lowest BCUT2D eigenvalue weighted by molar-refractivity contribution is 0.597. The number of hydrogen-bond acceptors (Lipinski definition) is 4. The van der Waals surface area contributed by atoms with Crippen LogP contribution in [-0.2, 0) is 10.0 Å². The Morgan fingerprint density at radius 2 is 2.06 bits per heavy atom. The average Bonchev–Trinajstić information content (AvgIpc) is 3.01. The van der Waals surface area contributed by atoms with Gasteiger partial charge in [-0.15, -0.1) is 4.40 Å². The molecule has 2 N–H and O–H groups in total. The van der Waals surface area contributed by atoms with Crippen LogP contribution in [0.15, 0.2) is 33.6 Å². The van der Waals surface area contributed by atoms with E-state index in [4.69, 9.17) is 0 Å². The van der Waals surface area contributed by atoms with E-state index in [2.05, 4.69) is 15.0 Å². The number of anilines is 1. The van der Waals surface area contributed by atoms with Crippen molar-refractivity contribution in [1.29, 1.82) is 0 Å². The highest BCUT2D eigenvalue weighted by atomic mass is 32.2. The molecule has 0 spiro atoms. The van der Waals surface area contributed by atoms with Gasteiger partial charge in [0, 0.05) is 6.04 Å². The van der Waals surface area contributed by atoms with Gasteiger partial charge in [-0.25, -0.2) is 0 Å². The van der Waals surface area contributed by atoms with Crippen LogP contribution in [0.25, 0.3) is 0 Å². The normalized spacial score (nSPS) is 21.6. The highest BCUT2D eigenvalue weighted by Gasteiger charge is 2.28. The van der Waals surface area contributed by atoms with Crippen molar-refractivity contribution in [3.05, 3.63) is 24.3 Å². The van der Waals surface area contributed by atoms with E-state index >= 15 is 0 Å². The molecule has 0 atom stereocenters. The first-order valence-electron chi connectivity index (χ1n) is 5.13. The van der Waals surface area contributed by atoms with Crippen molar-refractivity contribution in [2.45, 2.75) is 23.8 Å². The molecule has 16 heavy (non-hydrogen) atoms. The van der Waals surface area contributed by atoms with Crippen LogP contribution in [0.2, 0.25) is 0 Å². The summed E-state index contributed by atoms with van der Waals surface area (Å²) in [6.07, 6.45) is 2.14. The van der Waals surface area contributed by atoms with E-state index in [1.165, 1.54) is 0 Å². The Labute approximate surface area is 93.6 Å². The number of para-hydroxylation sites is 1. The monoisotopic (exact) mass is 237 g/mol. The Balaban J connectivity index is 2.01. The van der Waals surface area contributed by atoms with Gasteiger partial charge in [-0.2, -0.15) is 8.42 Å². The molecule has 0 saturated heterocycles. The van der Waals surface area contributed by atoms with Crippen molar-refractivity contribution < 1.29 is 8.42 Å². The summed E-state index contributed by atoms with van der Waals surface area (Å²) in [6, 6.07) is 7.13. The molecule has 2 aliphatic rings. The van der Waals surface area contributed by atoms with Crippen LogP contribution in [0.3, 0.4) is 0 Å². The lowest BCUT2D eigenvalue weighted by Gasteiger charge is -2.18. The quantitative estimate of drug-likeness (QED) is 0.761. The Morgan fingerprint density at radius 1 is 1.31 bits per heavy atom. The maximum Gasteiger partial charge on any atom is 0.287 e. The van der Waals surface area contributed by atoms with Crippen LogP contribution < -0.4 is 10.6 Å². The molecule has 0 radical (unpaired) electrons. The molecule has 0 amide bonds. The molecule has 1 heterocycles. The smallest absolute Gasteiger partial charge is 0.287 e. The van der Waals surface area contributed by atoms with E-state index in [1.54, 1.807) is 24.3 Å². The maximum absolute atomic E-state index is 11.8. The molecular formula is C10H11N3O2S. The second-order valence-corrected chi connectivity index (χ2v) is 5.53. The summed E-state index contributed by atoms with van der Waals surface area (Å²) in [5.41, 5.74) is 0.584. The van der Waals surface area contributed by atoms with Gasteiger partial charge in [0.05, 0.1) is 5.69 Å². The fourth-order valence-electron chi connectivity index (χ4n) is 1.60. The number of rotatable bonds is 1. The number of benzene rings is 1. The number of nitrogens with one attached hydrogen (secondary N) is 2. The van der Waals surface area contributed by atoms with Crippen molar-refractivity contribution in [3.8, 4) is 0 Å². The predicted octanol–water partition coefficient (Wildman–Crippen LogP) is 0.909. The molecule has 1 aromatic carbocycles. The molecule has 5 nitrogen and oxygen atoms in total. The first-order valence-corrected chi connectivity index (χ1v) is 6.57. The van der Waals surface area contributed by atoms with E-state index < -0.39 is 10.0 Å². The first-order chi connectivity index (χ1) is 7.65. The average molecular weight is 237 g/mol. The van der Waals surface area contributed by atoms with Crippen molar-refractivity contribution >= 4 is 21.7 Å². The fourth-order valence-corrected chi connectivity index (χ4v) is 2.68. The second-order valence-electron chi connectivity index (χ2n) is 3.95. The van der Waals surface area contributed by atoms with Crippen molar-refractivity contribution in [2.75, 3.05) is 5.32 Å². The minimum Gasteiger partial charge on any atom is -0.352 e. The highest BCUT2D eigenvalue weighted by Crippen LogP contribution is 2.27. The molecular weight excluding hydrogens is 226 g/mol. The summed E-state index contributed by atoms with van der Waals surface area (Å²) in [6.45, 7) is 0. The summed E-state index contributed by atoms with van der Waals surface area (Å²) >= 11 is 0. The van der Waals surface area contributed by atoms with E-state index in [-0.39, 0.29) is 4.90 Å². The Hall–Kier alpha value is -1.56. The van der Waals surface area contributed by atoms with Gasteiger partial charge in [-0.1, -0.05) is 12.1 Å². The van der Waals surface area contributed by atoms with Gasteiger partial charge in [0.1, 0.15) is 4.90 Å². The van der Waals surface area contributed by atoms with Crippen LogP contribution in [0.1, 0.15) is 12.8 Å². The largest absolute Gasteiger partial charge is 0.352 e. The standard InChI is InChI=1S/C10H11N3O2S/c14-16(15)9-4-2-1-3-8(9)12-10(13-16)11-7-5-6-7/h1-4,7H,5-6H2,(H2,11,12,13). The van der Waals surface area contributed by atoms with Crippen LogP contribution in [0.5, 0.6) is 0 Å². The van der Waals surface area contributed by atoms with E-state index in [1.807, 2.05) is 0 Å². The highest BCUT2D eigenvalue weighted by molar-refractivity contribution is 7.90. The third-order valence-electron chi connectivity index (χ3n) is 2.55. The molecule has 0 aromatic heterocycles. The molecule has 1 aliphatic heterocycles. The molecule has 84 valence electrons. The van der Waals surface area contributed by atoms with E-state index in [0.29, 0.717) is 17.7 Å². The topological polar surface area (TPSA) is 70.6 Å². The summed E-state index contributed by atoms with van der Waals surface area (Å²) in [7, 11) is -3.55. The number of guanidine groups is 1.